The molecule has 1 fully saturated rings. The van der Waals surface area contributed by atoms with E-state index in [4.69, 9.17) is 0 Å². The first-order chi connectivity index (χ1) is 12.6. The van der Waals surface area contributed by atoms with E-state index in [1.165, 1.54) is 6.42 Å². The van der Waals surface area contributed by atoms with Crippen LogP contribution in [0.4, 0.5) is 0 Å². The molecule has 0 aliphatic carbocycles. The van der Waals surface area contributed by atoms with E-state index in [0.717, 1.165) is 30.2 Å². The van der Waals surface area contributed by atoms with Gasteiger partial charge in [-0.25, -0.2) is 4.98 Å². The summed E-state index contributed by atoms with van der Waals surface area (Å²) in [5.74, 6) is 0.792. The van der Waals surface area contributed by atoms with Gasteiger partial charge in [-0.2, -0.15) is 0 Å². The maximum Gasteiger partial charge on any atom is 0.234 e. The molecule has 2 amide bonds. The zero-order valence-electron chi connectivity index (χ0n) is 15.3. The minimum absolute atomic E-state index is 0.00821. The summed E-state index contributed by atoms with van der Waals surface area (Å²) in [5.41, 5.74) is 0. The van der Waals surface area contributed by atoms with Crippen LogP contribution in [0, 0.1) is 0 Å². The Morgan fingerprint density at radius 2 is 2.08 bits per heavy atom. The number of pyridine rings is 1. The Bertz CT molecular complexity index is 559. The van der Waals surface area contributed by atoms with E-state index >= 15 is 0 Å². The van der Waals surface area contributed by atoms with Gasteiger partial charge in [0.05, 0.1) is 6.54 Å². The molecule has 2 heterocycles. The standard InChI is InChI=1S/C18H28N4O2S2/c1-15-6-3-5-12-22(15)14-17(24)19-10-8-16(23)20-11-13-25-26-18-7-2-4-9-21-18/h2,4,7,9,15H,3,5-6,8,10-14H2,1H3,(H,19,24)(H,20,23)/t15-/m0/s1/i1+1,10+1,17+1,19+1. The van der Waals surface area contributed by atoms with Crippen LogP contribution in [0.3, 0.4) is 0 Å². The average Bonchev–Trinajstić information content (AvgIpc) is 2.64. The van der Waals surface area contributed by atoms with Crippen molar-refractivity contribution < 1.29 is 9.59 Å². The second-order valence-electron chi connectivity index (χ2n) is 6.34. The lowest BCUT2D eigenvalue weighted by Gasteiger charge is -2.32. The number of nitrogens with one attached hydrogen (secondary N) is 2. The van der Waals surface area contributed by atoms with Crippen molar-refractivity contribution in [3.05, 3.63) is 24.4 Å². The molecule has 8 heteroatoms. The van der Waals surface area contributed by atoms with Gasteiger partial charge in [-0.3, -0.25) is 14.5 Å². The highest BCUT2D eigenvalue weighted by Gasteiger charge is 2.20. The van der Waals surface area contributed by atoms with Gasteiger partial charge in [0.1, 0.15) is 5.03 Å². The minimum Gasteiger partial charge on any atom is -0.355 e. The number of rotatable bonds is 10. The summed E-state index contributed by atoms with van der Waals surface area (Å²) in [6.07, 6.45) is 5.66. The fourth-order valence-electron chi connectivity index (χ4n) is 2.77. The summed E-state index contributed by atoms with van der Waals surface area (Å²) in [6.45, 7) is 4.60. The van der Waals surface area contributed by atoms with E-state index in [9.17, 15) is 9.59 Å². The monoisotopic (exact) mass is 400 g/mol. The number of carbonyl (C=O) groups excluding carboxylic acids is 2. The molecule has 0 unspecified atom stereocenters. The van der Waals surface area contributed by atoms with Gasteiger partial charge in [0.15, 0.2) is 0 Å². The second kappa shape index (κ2) is 12.2. The smallest absolute Gasteiger partial charge is 0.234 e. The number of hydrogen-bond acceptors (Lipinski definition) is 6. The lowest BCUT2D eigenvalue weighted by Crippen LogP contribution is -2.44. The minimum atomic E-state index is -0.0277. The van der Waals surface area contributed by atoms with Crippen LogP contribution in [0.25, 0.3) is 0 Å². The largest absolute Gasteiger partial charge is 0.355 e. The predicted molar refractivity (Wildman–Crippen MR) is 108 cm³/mol. The summed E-state index contributed by atoms with van der Waals surface area (Å²) in [6, 6.07) is 6.28. The molecule has 2 N–H and O–H groups in total. The normalized spacial score (nSPS) is 17.7. The fourth-order valence-corrected chi connectivity index (χ4v) is 4.55. The van der Waals surface area contributed by atoms with Crippen molar-refractivity contribution in [2.75, 3.05) is 31.9 Å². The molecule has 1 aromatic heterocycles. The highest BCUT2D eigenvalue weighted by atomic mass is 33.1. The Labute approximate surface area is 163 Å². The third-order valence-corrected chi connectivity index (χ3v) is 6.52. The van der Waals surface area contributed by atoms with Crippen molar-refractivity contribution in [2.24, 2.45) is 0 Å². The van der Waals surface area contributed by atoms with Crippen LogP contribution in [0.15, 0.2) is 29.4 Å². The first kappa shape index (κ1) is 21.1. The summed E-state index contributed by atoms with van der Waals surface area (Å²) >= 11 is 0. The van der Waals surface area contributed by atoms with Gasteiger partial charge in [-0.15, -0.1) is 0 Å². The number of carbonyl (C=O) groups is 2. The number of nitrogens with zero attached hydrogens (tertiary/aromatic N) is 2. The third kappa shape index (κ3) is 8.42. The molecule has 0 radical (unpaired) electrons. The van der Waals surface area contributed by atoms with E-state index in [2.05, 4.69) is 27.4 Å². The number of aromatic nitrogens is 1. The van der Waals surface area contributed by atoms with Gasteiger partial charge in [0.2, 0.25) is 11.8 Å². The van der Waals surface area contributed by atoms with E-state index in [1.807, 2.05) is 18.2 Å². The zero-order valence-corrected chi connectivity index (χ0v) is 16.9. The molecule has 0 spiro atoms. The van der Waals surface area contributed by atoms with Crippen molar-refractivity contribution in [2.45, 2.75) is 43.7 Å². The van der Waals surface area contributed by atoms with E-state index in [0.29, 0.717) is 32.1 Å². The Kier molecular flexibility index (Phi) is 9.87. The van der Waals surface area contributed by atoms with Crippen LogP contribution in [-0.2, 0) is 9.59 Å². The summed E-state index contributed by atoms with van der Waals surface area (Å²) in [5, 5.41) is 6.69. The Morgan fingerprint density at radius 1 is 1.23 bits per heavy atom. The molecular weight excluding hydrogens is 372 g/mol. The molecule has 1 aliphatic heterocycles. The van der Waals surface area contributed by atoms with Gasteiger partial charge in [0, 0.05) is 37.5 Å². The van der Waals surface area contributed by atoms with Crippen LogP contribution in [0.1, 0.15) is 32.6 Å². The lowest BCUT2D eigenvalue weighted by atomic mass is 10.1. The Hall–Kier alpha value is -1.25. The van der Waals surface area contributed by atoms with E-state index < -0.39 is 0 Å². The van der Waals surface area contributed by atoms with Crippen LogP contribution >= 0.6 is 21.6 Å². The van der Waals surface area contributed by atoms with Crippen LogP contribution in [0.5, 0.6) is 0 Å². The molecule has 0 bridgehead atoms. The Morgan fingerprint density at radius 3 is 2.85 bits per heavy atom. The predicted octanol–water partition coefficient (Wildman–Crippen LogP) is 2.32. The highest BCUT2D eigenvalue weighted by molar-refractivity contribution is 8.76. The molecule has 0 saturated carbocycles. The van der Waals surface area contributed by atoms with Crippen LogP contribution in [-0.4, -0.2) is 59.7 Å². The highest BCUT2D eigenvalue weighted by Crippen LogP contribution is 2.28. The molecule has 0 aromatic carbocycles. The van der Waals surface area contributed by atoms with Gasteiger partial charge in [-0.05, 0) is 49.2 Å². The topological polar surface area (TPSA) is 74.3 Å². The van der Waals surface area contributed by atoms with Crippen molar-refractivity contribution >= 4 is 33.4 Å². The second-order valence-corrected chi connectivity index (χ2v) is 8.77. The van der Waals surface area contributed by atoms with Gasteiger partial charge in [0.25, 0.3) is 0 Å². The SMILES string of the molecule is [13CH3][C@H]1CCCCN1C[13C](=O)[15NH][13CH2]CC(=O)NCCSSc1ccccn1. The summed E-state index contributed by atoms with van der Waals surface area (Å²) < 4.78 is 0. The van der Waals surface area contributed by atoms with Crippen molar-refractivity contribution in [1.29, 1.82) is 0 Å². The number of hydrogen-bond donors (Lipinski definition) is 2. The van der Waals surface area contributed by atoms with Crippen molar-refractivity contribution in [3.8, 4) is 0 Å². The first-order valence-corrected chi connectivity index (χ1v) is 11.4. The number of amides is 2. The average molecular weight is 401 g/mol. The molecule has 6 nitrogen and oxygen atoms in total. The first-order valence-electron chi connectivity index (χ1n) is 9.13. The lowest BCUT2D eigenvalue weighted by molar-refractivity contribution is -0.123. The van der Waals surface area contributed by atoms with Crippen LogP contribution in [0.2, 0.25) is 0 Å². The van der Waals surface area contributed by atoms with Gasteiger partial charge >= 0.3 is 0 Å². The maximum absolute atomic E-state index is 12.0. The van der Waals surface area contributed by atoms with Crippen LogP contribution < -0.4 is 10.6 Å². The summed E-state index contributed by atoms with van der Waals surface area (Å²) in [4.78, 5) is 30.2. The quantitative estimate of drug-likeness (QED) is 0.272. The van der Waals surface area contributed by atoms with Gasteiger partial charge < -0.3 is 10.6 Å². The molecule has 1 aromatic rings. The van der Waals surface area contributed by atoms with Gasteiger partial charge in [-0.1, -0.05) is 23.3 Å². The molecule has 2 rings (SSSR count). The maximum atomic E-state index is 12.0. The van der Waals surface area contributed by atoms with Crippen molar-refractivity contribution in [1.82, 2.24) is 20.5 Å². The van der Waals surface area contributed by atoms with E-state index in [-0.39, 0.29) is 11.8 Å². The molecule has 26 heavy (non-hydrogen) atoms. The molecule has 1 atom stereocenters. The fraction of sp³-hybridized carbons (Fsp3) is 0.611. The number of likely N-dealkylation sites (tertiary alicyclic amines) is 1. The molecule has 1 saturated heterocycles. The Balaban J connectivity index is 1.47. The number of piperidine rings is 1. The zero-order chi connectivity index (χ0) is 18.6. The summed E-state index contributed by atoms with van der Waals surface area (Å²) in [7, 11) is 3.26. The molecule has 1 aliphatic rings. The third-order valence-electron chi connectivity index (χ3n) is 4.25. The molecular formula is C18H28N4O2S2. The molecule has 144 valence electrons. The van der Waals surface area contributed by atoms with Crippen molar-refractivity contribution in [3.63, 3.8) is 0 Å². The van der Waals surface area contributed by atoms with E-state index in [1.54, 1.807) is 27.8 Å².